The third-order valence-corrected chi connectivity index (χ3v) is 0.911. The summed E-state index contributed by atoms with van der Waals surface area (Å²) in [6.45, 7) is 0. The second-order valence-corrected chi connectivity index (χ2v) is 1.66. The van der Waals surface area contributed by atoms with Crippen LogP contribution in [0.25, 0.3) is 0 Å². The standard InChI is InChI=1S/C6H4FN2O/c7-5-1-4(6(8)10)2-9-3-5/h2-3H,(H2,8,10). The molecule has 1 aromatic rings. The Morgan fingerprint density at radius 2 is 2.40 bits per heavy atom. The number of carbonyl (C=O) groups is 1. The Labute approximate surface area is 56.7 Å². The molecule has 1 aromatic heterocycles. The van der Waals surface area contributed by atoms with Crippen LogP contribution >= 0.6 is 0 Å². The van der Waals surface area contributed by atoms with Gasteiger partial charge < -0.3 is 5.73 Å². The van der Waals surface area contributed by atoms with Crippen LogP contribution in [0, 0.1) is 11.9 Å². The molecule has 10 heavy (non-hydrogen) atoms. The van der Waals surface area contributed by atoms with Crippen LogP contribution in [-0.2, 0) is 0 Å². The van der Waals surface area contributed by atoms with Crippen molar-refractivity contribution in [3.05, 3.63) is 29.8 Å². The van der Waals surface area contributed by atoms with Gasteiger partial charge >= 0.3 is 0 Å². The van der Waals surface area contributed by atoms with Crippen molar-refractivity contribution in [1.82, 2.24) is 4.98 Å². The number of rotatable bonds is 1. The van der Waals surface area contributed by atoms with E-state index in [1.54, 1.807) is 0 Å². The summed E-state index contributed by atoms with van der Waals surface area (Å²) in [5.41, 5.74) is 4.76. The van der Waals surface area contributed by atoms with Crippen molar-refractivity contribution in [2.75, 3.05) is 0 Å². The Morgan fingerprint density at radius 1 is 1.70 bits per heavy atom. The summed E-state index contributed by atoms with van der Waals surface area (Å²) in [6, 6.07) is 2.10. The number of primary amides is 1. The Bertz CT molecular complexity index is 262. The molecule has 0 saturated heterocycles. The van der Waals surface area contributed by atoms with E-state index in [9.17, 15) is 9.18 Å². The molecule has 0 atom stereocenters. The molecule has 0 saturated carbocycles. The number of pyridine rings is 1. The smallest absolute Gasteiger partial charge is 0.251 e. The average molecular weight is 139 g/mol. The maximum atomic E-state index is 12.2. The van der Waals surface area contributed by atoms with Crippen molar-refractivity contribution in [2.45, 2.75) is 0 Å². The van der Waals surface area contributed by atoms with Crippen molar-refractivity contribution in [3.63, 3.8) is 0 Å². The first-order valence-electron chi connectivity index (χ1n) is 2.53. The molecule has 4 heteroatoms. The quantitative estimate of drug-likeness (QED) is 0.600. The van der Waals surface area contributed by atoms with Crippen LogP contribution in [0.2, 0.25) is 0 Å². The maximum Gasteiger partial charge on any atom is 0.251 e. The highest BCUT2D eigenvalue weighted by Crippen LogP contribution is 1.96. The van der Waals surface area contributed by atoms with Crippen molar-refractivity contribution < 1.29 is 9.18 Å². The van der Waals surface area contributed by atoms with Gasteiger partial charge in [-0.25, -0.2) is 4.39 Å². The fourth-order valence-corrected chi connectivity index (χ4v) is 0.496. The lowest BCUT2D eigenvalue weighted by molar-refractivity contribution is 0.0999. The van der Waals surface area contributed by atoms with Gasteiger partial charge in [-0.3, -0.25) is 9.78 Å². The molecule has 0 spiro atoms. The highest BCUT2D eigenvalue weighted by molar-refractivity contribution is 5.92. The largest absolute Gasteiger partial charge is 0.366 e. The first-order valence-corrected chi connectivity index (χ1v) is 2.53. The predicted octanol–water partition coefficient (Wildman–Crippen LogP) is 0.120. The van der Waals surface area contributed by atoms with E-state index in [2.05, 4.69) is 11.1 Å². The number of aromatic nitrogens is 1. The van der Waals surface area contributed by atoms with Crippen LogP contribution in [0.4, 0.5) is 4.39 Å². The molecule has 0 aliphatic rings. The molecule has 1 amide bonds. The van der Waals surface area contributed by atoms with Gasteiger partial charge in [-0.2, -0.15) is 0 Å². The Balaban J connectivity index is 3.07. The Kier molecular flexibility index (Phi) is 1.62. The van der Waals surface area contributed by atoms with E-state index < -0.39 is 11.7 Å². The summed E-state index contributed by atoms with van der Waals surface area (Å²) in [7, 11) is 0. The van der Waals surface area contributed by atoms with Crippen LogP contribution in [0.15, 0.2) is 12.4 Å². The van der Waals surface area contributed by atoms with Gasteiger partial charge in [-0.15, -0.1) is 0 Å². The Morgan fingerprint density at radius 3 is 2.80 bits per heavy atom. The highest BCUT2D eigenvalue weighted by Gasteiger charge is 2.00. The van der Waals surface area contributed by atoms with Gasteiger partial charge in [0, 0.05) is 12.3 Å². The molecule has 0 aliphatic carbocycles. The third-order valence-electron chi connectivity index (χ3n) is 0.911. The van der Waals surface area contributed by atoms with E-state index in [1.165, 1.54) is 0 Å². The predicted molar refractivity (Wildman–Crippen MR) is 31.5 cm³/mol. The highest BCUT2D eigenvalue weighted by atomic mass is 19.1. The van der Waals surface area contributed by atoms with Gasteiger partial charge in [0.2, 0.25) is 0 Å². The molecule has 0 aromatic carbocycles. The lowest BCUT2D eigenvalue weighted by Gasteiger charge is -1.90. The van der Waals surface area contributed by atoms with E-state index in [1.807, 2.05) is 0 Å². The zero-order valence-corrected chi connectivity index (χ0v) is 4.97. The zero-order chi connectivity index (χ0) is 7.56. The van der Waals surface area contributed by atoms with Crippen LogP contribution < -0.4 is 5.73 Å². The first-order chi connectivity index (χ1) is 4.70. The number of hydrogen-bond acceptors (Lipinski definition) is 2. The minimum Gasteiger partial charge on any atom is -0.366 e. The van der Waals surface area contributed by atoms with Crippen molar-refractivity contribution in [2.24, 2.45) is 5.73 Å². The summed E-state index contributed by atoms with van der Waals surface area (Å²) in [5.74, 6) is -1.41. The van der Waals surface area contributed by atoms with Gasteiger partial charge in [0.1, 0.15) is 5.82 Å². The normalized spacial score (nSPS) is 9.30. The van der Waals surface area contributed by atoms with Crippen LogP contribution in [-0.4, -0.2) is 10.9 Å². The minimum atomic E-state index is -0.730. The molecule has 0 fully saturated rings. The molecule has 1 heterocycles. The van der Waals surface area contributed by atoms with Gasteiger partial charge in [-0.1, -0.05) is 0 Å². The molecule has 1 radical (unpaired) electrons. The van der Waals surface area contributed by atoms with Gasteiger partial charge in [0.15, 0.2) is 0 Å². The van der Waals surface area contributed by atoms with Crippen molar-refractivity contribution in [1.29, 1.82) is 0 Å². The van der Waals surface area contributed by atoms with E-state index in [4.69, 9.17) is 5.73 Å². The molecule has 0 bridgehead atoms. The summed E-state index contributed by atoms with van der Waals surface area (Å²) < 4.78 is 12.2. The minimum absolute atomic E-state index is 0.0417. The lowest BCUT2D eigenvalue weighted by atomic mass is 10.3. The van der Waals surface area contributed by atoms with E-state index in [0.717, 1.165) is 12.4 Å². The maximum absolute atomic E-state index is 12.2. The van der Waals surface area contributed by atoms with Crippen LogP contribution in [0.3, 0.4) is 0 Å². The Hall–Kier alpha value is -1.45. The van der Waals surface area contributed by atoms with Gasteiger partial charge in [-0.05, 0) is 0 Å². The number of nitrogens with zero attached hydrogens (tertiary/aromatic N) is 1. The monoisotopic (exact) mass is 139 g/mol. The number of nitrogens with two attached hydrogens (primary N) is 1. The van der Waals surface area contributed by atoms with Crippen LogP contribution in [0.1, 0.15) is 10.4 Å². The summed E-state index contributed by atoms with van der Waals surface area (Å²) in [6.07, 6.45) is 2.11. The molecule has 3 nitrogen and oxygen atoms in total. The summed E-state index contributed by atoms with van der Waals surface area (Å²) in [4.78, 5) is 13.7. The summed E-state index contributed by atoms with van der Waals surface area (Å²) in [5, 5.41) is 0. The molecule has 51 valence electrons. The van der Waals surface area contributed by atoms with Crippen LogP contribution in [0.5, 0.6) is 0 Å². The third kappa shape index (κ3) is 1.28. The van der Waals surface area contributed by atoms with Gasteiger partial charge in [0.25, 0.3) is 5.91 Å². The molecular formula is C6H4FN2O. The number of carbonyl (C=O) groups excluding carboxylic acids is 1. The van der Waals surface area contributed by atoms with Crippen molar-refractivity contribution >= 4 is 5.91 Å². The summed E-state index contributed by atoms with van der Waals surface area (Å²) >= 11 is 0. The zero-order valence-electron chi connectivity index (χ0n) is 4.97. The van der Waals surface area contributed by atoms with Crippen molar-refractivity contribution in [3.8, 4) is 0 Å². The number of amides is 1. The molecular weight excluding hydrogens is 135 g/mol. The van der Waals surface area contributed by atoms with E-state index in [-0.39, 0.29) is 5.56 Å². The molecule has 1 rings (SSSR count). The van der Waals surface area contributed by atoms with E-state index >= 15 is 0 Å². The molecule has 0 aliphatic heterocycles. The molecule has 2 N–H and O–H groups in total. The topological polar surface area (TPSA) is 56.0 Å². The lowest BCUT2D eigenvalue weighted by Crippen LogP contribution is -2.11. The van der Waals surface area contributed by atoms with Gasteiger partial charge in [0.05, 0.1) is 11.8 Å². The molecule has 0 unspecified atom stereocenters. The second kappa shape index (κ2) is 2.43. The fourth-order valence-electron chi connectivity index (χ4n) is 0.496. The first kappa shape index (κ1) is 6.67. The SMILES string of the molecule is NC(=O)c1[c]c(F)cnc1. The number of halogens is 1. The fraction of sp³-hybridized carbons (Fsp3) is 0. The van der Waals surface area contributed by atoms with E-state index in [0.29, 0.717) is 0 Å². The average Bonchev–Trinajstić information content (AvgIpc) is 1.88. The second-order valence-electron chi connectivity index (χ2n) is 1.66. The number of hydrogen-bond donors (Lipinski definition) is 1.